The fourth-order valence-corrected chi connectivity index (χ4v) is 1.84. The Balaban J connectivity index is 1.92. The van der Waals surface area contributed by atoms with Gasteiger partial charge in [-0.05, 0) is 13.3 Å². The first-order valence-corrected chi connectivity index (χ1v) is 6.58. The third-order valence-electron chi connectivity index (χ3n) is 2.56. The highest BCUT2D eigenvalue weighted by Gasteiger charge is 2.06. The first-order valence-electron chi connectivity index (χ1n) is 6.04. The lowest BCUT2D eigenvalue weighted by Gasteiger charge is -2.07. The van der Waals surface area contributed by atoms with E-state index in [0.29, 0.717) is 36.4 Å². The third kappa shape index (κ3) is 3.45. The maximum Gasteiger partial charge on any atom is 0.349 e. The Labute approximate surface area is 114 Å². The Morgan fingerprint density at radius 2 is 2.37 bits per heavy atom. The predicted molar refractivity (Wildman–Crippen MR) is 73.0 cm³/mol. The van der Waals surface area contributed by atoms with Crippen LogP contribution in [0.2, 0.25) is 0 Å². The molecule has 0 aliphatic carbocycles. The molecule has 104 valence electrons. The van der Waals surface area contributed by atoms with Gasteiger partial charge in [0.2, 0.25) is 0 Å². The van der Waals surface area contributed by atoms with Crippen LogP contribution in [0.1, 0.15) is 12.2 Å². The molecule has 0 amide bonds. The van der Waals surface area contributed by atoms with Crippen molar-refractivity contribution in [2.24, 2.45) is 0 Å². The van der Waals surface area contributed by atoms with Crippen LogP contribution >= 0.6 is 11.6 Å². The maximum absolute atomic E-state index is 11.4. The number of anilines is 1. The Morgan fingerprint density at radius 3 is 3.16 bits per heavy atom. The molecular weight excluding hydrogens is 270 g/mol. The summed E-state index contributed by atoms with van der Waals surface area (Å²) in [5, 5.41) is 9.48. The van der Waals surface area contributed by atoms with Crippen molar-refractivity contribution in [3.05, 3.63) is 22.4 Å². The summed E-state index contributed by atoms with van der Waals surface area (Å²) in [6.45, 7) is 3.72. The van der Waals surface area contributed by atoms with E-state index in [2.05, 4.69) is 20.5 Å². The summed E-state index contributed by atoms with van der Waals surface area (Å²) in [7, 11) is 0. The zero-order chi connectivity index (χ0) is 13.7. The van der Waals surface area contributed by atoms with Crippen molar-refractivity contribution in [3.63, 3.8) is 0 Å². The average molecular weight is 286 g/mol. The van der Waals surface area contributed by atoms with Crippen LogP contribution in [0.3, 0.4) is 0 Å². The average Bonchev–Trinajstić information content (AvgIpc) is 2.76. The summed E-state index contributed by atoms with van der Waals surface area (Å²) in [5.74, 6) is 1.80. The Hall–Kier alpha value is -1.60. The number of aromatic nitrogens is 4. The highest BCUT2D eigenvalue weighted by Crippen LogP contribution is 2.07. The van der Waals surface area contributed by atoms with Crippen LogP contribution in [0.15, 0.2) is 10.9 Å². The van der Waals surface area contributed by atoms with Crippen molar-refractivity contribution in [1.29, 1.82) is 0 Å². The predicted octanol–water partition coefficient (Wildman–Crippen LogP) is 0.783. The van der Waals surface area contributed by atoms with Gasteiger partial charge in [0.1, 0.15) is 11.6 Å². The second-order valence-corrected chi connectivity index (χ2v) is 4.37. The molecule has 0 bridgehead atoms. The molecule has 7 nitrogen and oxygen atoms in total. The molecular formula is C11H16ClN5O2. The zero-order valence-corrected chi connectivity index (χ0v) is 11.4. The van der Waals surface area contributed by atoms with Gasteiger partial charge in [-0.1, -0.05) is 0 Å². The molecule has 0 aliphatic heterocycles. The molecule has 2 aromatic rings. The number of hydrogen-bond donors (Lipinski definition) is 2. The van der Waals surface area contributed by atoms with Crippen molar-refractivity contribution in [2.75, 3.05) is 31.0 Å². The van der Waals surface area contributed by atoms with Gasteiger partial charge < -0.3 is 10.1 Å². The molecule has 2 aromatic heterocycles. The SMILES string of the molecule is Cc1nc(NCCCOCCCl)cc2n[nH]c(=O)n12. The van der Waals surface area contributed by atoms with Crippen molar-refractivity contribution >= 4 is 23.1 Å². The molecule has 2 N–H and O–H groups in total. The van der Waals surface area contributed by atoms with Gasteiger partial charge >= 0.3 is 5.69 Å². The van der Waals surface area contributed by atoms with Gasteiger partial charge in [0.25, 0.3) is 0 Å². The van der Waals surface area contributed by atoms with Crippen molar-refractivity contribution in [3.8, 4) is 0 Å². The van der Waals surface area contributed by atoms with Crippen LogP contribution in [0.4, 0.5) is 5.82 Å². The second kappa shape index (κ2) is 6.53. The molecule has 0 radical (unpaired) electrons. The van der Waals surface area contributed by atoms with Crippen LogP contribution in [0, 0.1) is 6.92 Å². The number of ether oxygens (including phenoxy) is 1. The molecule has 0 fully saturated rings. The number of alkyl halides is 1. The summed E-state index contributed by atoms with van der Waals surface area (Å²) in [5.41, 5.74) is 0.277. The molecule has 2 rings (SSSR count). The monoisotopic (exact) mass is 285 g/mol. The van der Waals surface area contributed by atoms with Crippen LogP contribution in [0.5, 0.6) is 0 Å². The minimum Gasteiger partial charge on any atom is -0.380 e. The summed E-state index contributed by atoms with van der Waals surface area (Å²) in [6.07, 6.45) is 0.857. The van der Waals surface area contributed by atoms with Crippen molar-refractivity contribution in [1.82, 2.24) is 19.6 Å². The van der Waals surface area contributed by atoms with Gasteiger partial charge in [-0.15, -0.1) is 11.6 Å². The highest BCUT2D eigenvalue weighted by atomic mass is 35.5. The standard InChI is InChI=1S/C11H16ClN5O2/c1-8-14-9(13-4-2-5-19-6-3-12)7-10-15-16-11(18)17(8)10/h7,13H,2-6H2,1H3,(H,16,18). The summed E-state index contributed by atoms with van der Waals surface area (Å²) in [4.78, 5) is 15.7. The number of halogens is 1. The van der Waals surface area contributed by atoms with Crippen LogP contribution in [-0.4, -0.2) is 45.2 Å². The normalized spacial score (nSPS) is 11.1. The van der Waals surface area contributed by atoms with E-state index in [-0.39, 0.29) is 5.69 Å². The third-order valence-corrected chi connectivity index (χ3v) is 2.72. The number of rotatable bonds is 7. The summed E-state index contributed by atoms with van der Waals surface area (Å²) in [6, 6.07) is 1.73. The first-order chi connectivity index (χ1) is 9.22. The minimum absolute atomic E-state index is 0.277. The van der Waals surface area contributed by atoms with Gasteiger partial charge in [0.15, 0.2) is 5.65 Å². The first kappa shape index (κ1) is 13.8. The fraction of sp³-hybridized carbons (Fsp3) is 0.545. The number of nitrogens with zero attached hydrogens (tertiary/aromatic N) is 3. The van der Waals surface area contributed by atoms with Crippen molar-refractivity contribution in [2.45, 2.75) is 13.3 Å². The number of aromatic amines is 1. The molecule has 0 unspecified atom stereocenters. The summed E-state index contributed by atoms with van der Waals surface area (Å²) >= 11 is 5.50. The fourth-order valence-electron chi connectivity index (χ4n) is 1.74. The van der Waals surface area contributed by atoms with Gasteiger partial charge in [-0.25, -0.2) is 19.3 Å². The molecule has 0 saturated carbocycles. The lowest BCUT2D eigenvalue weighted by atomic mass is 10.4. The van der Waals surface area contributed by atoms with E-state index in [1.54, 1.807) is 13.0 Å². The van der Waals surface area contributed by atoms with E-state index in [4.69, 9.17) is 16.3 Å². The lowest BCUT2D eigenvalue weighted by Crippen LogP contribution is -2.14. The molecule has 0 atom stereocenters. The van der Waals surface area contributed by atoms with Gasteiger partial charge in [-0.3, -0.25) is 0 Å². The molecule has 0 spiro atoms. The zero-order valence-electron chi connectivity index (χ0n) is 10.6. The van der Waals surface area contributed by atoms with Crippen LogP contribution in [-0.2, 0) is 4.74 Å². The van der Waals surface area contributed by atoms with E-state index in [0.717, 1.165) is 13.0 Å². The van der Waals surface area contributed by atoms with E-state index in [9.17, 15) is 4.79 Å². The van der Waals surface area contributed by atoms with Crippen LogP contribution in [0.25, 0.3) is 5.65 Å². The Bertz CT molecular complexity index is 594. The lowest BCUT2D eigenvalue weighted by molar-refractivity contribution is 0.149. The van der Waals surface area contributed by atoms with Gasteiger partial charge in [-0.2, -0.15) is 5.10 Å². The number of hydrogen-bond acceptors (Lipinski definition) is 5. The van der Waals surface area contributed by atoms with Crippen molar-refractivity contribution < 1.29 is 4.74 Å². The largest absolute Gasteiger partial charge is 0.380 e. The van der Waals surface area contributed by atoms with Gasteiger partial charge in [0.05, 0.1) is 6.61 Å². The minimum atomic E-state index is -0.277. The smallest absolute Gasteiger partial charge is 0.349 e. The van der Waals surface area contributed by atoms with E-state index in [1.807, 2.05) is 0 Å². The molecule has 2 heterocycles. The van der Waals surface area contributed by atoms with E-state index >= 15 is 0 Å². The quantitative estimate of drug-likeness (QED) is 0.580. The highest BCUT2D eigenvalue weighted by molar-refractivity contribution is 6.17. The number of aryl methyl sites for hydroxylation is 1. The van der Waals surface area contributed by atoms with Gasteiger partial charge in [0, 0.05) is 25.1 Å². The van der Waals surface area contributed by atoms with E-state index < -0.39 is 0 Å². The topological polar surface area (TPSA) is 84.3 Å². The molecule has 8 heteroatoms. The second-order valence-electron chi connectivity index (χ2n) is 3.99. The number of fused-ring (bicyclic) bond motifs is 1. The molecule has 0 saturated heterocycles. The number of H-pyrrole nitrogens is 1. The number of nitrogens with one attached hydrogen (secondary N) is 2. The van der Waals surface area contributed by atoms with E-state index in [1.165, 1.54) is 4.40 Å². The van der Waals surface area contributed by atoms with Crippen LogP contribution < -0.4 is 11.0 Å². The maximum atomic E-state index is 11.4. The Kier molecular flexibility index (Phi) is 4.75. The molecule has 0 aromatic carbocycles. The Morgan fingerprint density at radius 1 is 1.53 bits per heavy atom. The summed E-state index contributed by atoms with van der Waals surface area (Å²) < 4.78 is 6.69. The molecule has 0 aliphatic rings. The molecule has 19 heavy (non-hydrogen) atoms.